The molecule has 0 amide bonds. The Morgan fingerprint density at radius 1 is 1.31 bits per heavy atom. The van der Waals surface area contributed by atoms with E-state index in [2.05, 4.69) is 55.3 Å². The van der Waals surface area contributed by atoms with Gasteiger partial charge < -0.3 is 0 Å². The summed E-state index contributed by atoms with van der Waals surface area (Å²) < 4.78 is 0. The fourth-order valence-electron chi connectivity index (χ4n) is 1.90. The number of rotatable bonds is 2. The van der Waals surface area contributed by atoms with E-state index in [9.17, 15) is 0 Å². The monoisotopic (exact) mass is 211 g/mol. The maximum absolute atomic E-state index is 4.12. The highest BCUT2D eigenvalue weighted by Gasteiger charge is 2.04. The molecule has 0 fully saturated rings. The summed E-state index contributed by atoms with van der Waals surface area (Å²) in [7, 11) is 0. The second-order valence-corrected chi connectivity index (χ2v) is 4.13. The van der Waals surface area contributed by atoms with E-state index in [0.717, 1.165) is 6.42 Å². The van der Waals surface area contributed by atoms with Crippen LogP contribution in [0.4, 0.5) is 0 Å². The van der Waals surface area contributed by atoms with E-state index < -0.39 is 0 Å². The summed E-state index contributed by atoms with van der Waals surface area (Å²) in [4.78, 5) is 4.12. The number of hydrogen-bond acceptors (Lipinski definition) is 1. The molecule has 0 saturated heterocycles. The summed E-state index contributed by atoms with van der Waals surface area (Å²) in [6, 6.07) is 2.08. The summed E-state index contributed by atoms with van der Waals surface area (Å²) in [6.07, 6.45) is 16.0. The molecule has 1 aliphatic carbocycles. The van der Waals surface area contributed by atoms with Crippen molar-refractivity contribution in [3.8, 4) is 0 Å². The molecule has 2 rings (SSSR count). The van der Waals surface area contributed by atoms with Gasteiger partial charge >= 0.3 is 0 Å². The summed E-state index contributed by atoms with van der Waals surface area (Å²) in [5.74, 6) is 0.566. The van der Waals surface area contributed by atoms with Gasteiger partial charge in [0.05, 0.1) is 0 Å². The smallest absolute Gasteiger partial charge is 0.0303 e. The van der Waals surface area contributed by atoms with Crippen LogP contribution in [0.2, 0.25) is 0 Å². The molecule has 0 bridgehead atoms. The zero-order valence-corrected chi connectivity index (χ0v) is 9.85. The molecule has 82 valence electrons. The van der Waals surface area contributed by atoms with Crippen LogP contribution in [-0.2, 0) is 0 Å². The molecule has 1 atom stereocenters. The lowest BCUT2D eigenvalue weighted by Gasteiger charge is -2.05. The quantitative estimate of drug-likeness (QED) is 0.722. The molecule has 0 spiro atoms. The lowest BCUT2D eigenvalue weighted by Crippen LogP contribution is -1.88. The van der Waals surface area contributed by atoms with Crippen molar-refractivity contribution >= 4 is 5.57 Å². The van der Waals surface area contributed by atoms with E-state index in [0.29, 0.717) is 5.92 Å². The highest BCUT2D eigenvalue weighted by Crippen LogP contribution is 2.23. The summed E-state index contributed by atoms with van der Waals surface area (Å²) in [5, 5.41) is 0. The van der Waals surface area contributed by atoms with Gasteiger partial charge in [0.25, 0.3) is 0 Å². The van der Waals surface area contributed by atoms with Gasteiger partial charge in [-0.1, -0.05) is 37.3 Å². The topological polar surface area (TPSA) is 12.9 Å². The number of aryl methyl sites for hydroxylation is 1. The molecule has 1 aromatic heterocycles. The number of nitrogens with zero attached hydrogens (tertiary/aromatic N) is 1. The number of aromatic nitrogens is 1. The third kappa shape index (κ3) is 2.30. The standard InChI is InChI=1S/C15H17N/c1-3-13-5-4-6-14(8-7-13)15-9-10-16-11-12(15)2/h4-11,13H,3H2,1-2H3. The molecular weight excluding hydrogens is 194 g/mol. The first-order valence-electron chi connectivity index (χ1n) is 5.79. The Bertz CT molecular complexity index is 452. The molecule has 0 aliphatic heterocycles. The van der Waals surface area contributed by atoms with E-state index in [1.807, 2.05) is 12.4 Å². The van der Waals surface area contributed by atoms with E-state index in [4.69, 9.17) is 0 Å². The van der Waals surface area contributed by atoms with Crippen LogP contribution in [0.1, 0.15) is 24.5 Å². The number of allylic oxidation sites excluding steroid dienone is 6. The maximum Gasteiger partial charge on any atom is 0.0303 e. The highest BCUT2D eigenvalue weighted by atomic mass is 14.6. The van der Waals surface area contributed by atoms with Gasteiger partial charge in [0.2, 0.25) is 0 Å². The Morgan fingerprint density at radius 2 is 2.19 bits per heavy atom. The molecule has 0 aromatic carbocycles. The SMILES string of the molecule is CCC1C=CC=C(c2ccncc2C)C=C1. The van der Waals surface area contributed by atoms with E-state index in [-0.39, 0.29) is 0 Å². The molecule has 1 heteroatoms. The Balaban J connectivity index is 2.33. The Labute approximate surface area is 97.2 Å². The predicted molar refractivity (Wildman–Crippen MR) is 69.0 cm³/mol. The zero-order valence-electron chi connectivity index (χ0n) is 9.85. The van der Waals surface area contributed by atoms with Crippen molar-refractivity contribution in [2.75, 3.05) is 0 Å². The van der Waals surface area contributed by atoms with Crippen LogP contribution in [0, 0.1) is 12.8 Å². The molecule has 1 aliphatic rings. The van der Waals surface area contributed by atoms with Crippen molar-refractivity contribution in [1.82, 2.24) is 4.98 Å². The van der Waals surface area contributed by atoms with E-state index in [1.165, 1.54) is 16.7 Å². The van der Waals surface area contributed by atoms with E-state index >= 15 is 0 Å². The number of hydrogen-bond donors (Lipinski definition) is 0. The fraction of sp³-hybridized carbons (Fsp3) is 0.267. The van der Waals surface area contributed by atoms with Gasteiger partial charge in [0.15, 0.2) is 0 Å². The third-order valence-corrected chi connectivity index (χ3v) is 2.96. The molecule has 0 saturated carbocycles. The minimum atomic E-state index is 0.566. The van der Waals surface area contributed by atoms with Gasteiger partial charge in [0, 0.05) is 12.4 Å². The van der Waals surface area contributed by atoms with Crippen molar-refractivity contribution in [2.45, 2.75) is 20.3 Å². The molecule has 16 heavy (non-hydrogen) atoms. The molecule has 0 N–H and O–H groups in total. The van der Waals surface area contributed by atoms with Crippen LogP contribution in [0.5, 0.6) is 0 Å². The maximum atomic E-state index is 4.12. The average molecular weight is 211 g/mol. The molecule has 1 aromatic rings. The normalized spacial score (nSPS) is 19.4. The Hall–Kier alpha value is -1.63. The third-order valence-electron chi connectivity index (χ3n) is 2.96. The second-order valence-electron chi connectivity index (χ2n) is 4.13. The van der Waals surface area contributed by atoms with Gasteiger partial charge in [-0.2, -0.15) is 0 Å². The van der Waals surface area contributed by atoms with Gasteiger partial charge in [-0.05, 0) is 42.0 Å². The van der Waals surface area contributed by atoms with E-state index in [1.54, 1.807) is 0 Å². The predicted octanol–water partition coefficient (Wildman–Crippen LogP) is 3.93. The lowest BCUT2D eigenvalue weighted by molar-refractivity contribution is 0.775. The van der Waals surface area contributed by atoms with Crippen molar-refractivity contribution in [3.05, 3.63) is 60.0 Å². The van der Waals surface area contributed by atoms with Crippen molar-refractivity contribution in [1.29, 1.82) is 0 Å². The Kier molecular flexibility index (Phi) is 3.35. The summed E-state index contributed by atoms with van der Waals surface area (Å²) >= 11 is 0. The molecule has 1 heterocycles. The largest absolute Gasteiger partial charge is 0.264 e. The van der Waals surface area contributed by atoms with Gasteiger partial charge in [0.1, 0.15) is 0 Å². The lowest BCUT2D eigenvalue weighted by atomic mass is 10.0. The minimum Gasteiger partial charge on any atom is -0.264 e. The van der Waals surface area contributed by atoms with Crippen LogP contribution < -0.4 is 0 Å². The van der Waals surface area contributed by atoms with Crippen LogP contribution in [0.15, 0.2) is 48.8 Å². The van der Waals surface area contributed by atoms with Crippen LogP contribution >= 0.6 is 0 Å². The number of pyridine rings is 1. The van der Waals surface area contributed by atoms with Crippen LogP contribution in [0.3, 0.4) is 0 Å². The summed E-state index contributed by atoms with van der Waals surface area (Å²) in [5.41, 5.74) is 3.77. The van der Waals surface area contributed by atoms with Crippen molar-refractivity contribution in [2.24, 2.45) is 5.92 Å². The highest BCUT2D eigenvalue weighted by molar-refractivity contribution is 5.77. The molecule has 1 unspecified atom stereocenters. The summed E-state index contributed by atoms with van der Waals surface area (Å²) in [6.45, 7) is 4.31. The van der Waals surface area contributed by atoms with Crippen LogP contribution in [0.25, 0.3) is 5.57 Å². The molecule has 1 nitrogen and oxygen atoms in total. The van der Waals surface area contributed by atoms with Crippen molar-refractivity contribution in [3.63, 3.8) is 0 Å². The minimum absolute atomic E-state index is 0.566. The first-order chi connectivity index (χ1) is 7.81. The molecule has 0 radical (unpaired) electrons. The van der Waals surface area contributed by atoms with Crippen molar-refractivity contribution < 1.29 is 0 Å². The second kappa shape index (κ2) is 4.93. The van der Waals surface area contributed by atoms with Gasteiger partial charge in [-0.15, -0.1) is 0 Å². The fourth-order valence-corrected chi connectivity index (χ4v) is 1.90. The first-order valence-corrected chi connectivity index (χ1v) is 5.79. The molecular formula is C15H17N. The van der Waals surface area contributed by atoms with Crippen LogP contribution in [-0.4, -0.2) is 4.98 Å². The van der Waals surface area contributed by atoms with Gasteiger partial charge in [-0.3, -0.25) is 4.98 Å². The Morgan fingerprint density at radius 3 is 2.94 bits per heavy atom. The first kappa shape index (κ1) is 10.9. The zero-order chi connectivity index (χ0) is 11.4. The van der Waals surface area contributed by atoms with Gasteiger partial charge in [-0.25, -0.2) is 0 Å². The average Bonchev–Trinajstić information content (AvgIpc) is 2.55.